The summed E-state index contributed by atoms with van der Waals surface area (Å²) < 4.78 is 11.1. The molecule has 2 aromatic heterocycles. The monoisotopic (exact) mass is 882 g/mol. The third-order valence-electron chi connectivity index (χ3n) is 10.3. The van der Waals surface area contributed by atoms with Gasteiger partial charge in [0.15, 0.2) is 10.8 Å². The van der Waals surface area contributed by atoms with Crippen molar-refractivity contribution >= 4 is 63.8 Å². The second kappa shape index (κ2) is 20.4. The van der Waals surface area contributed by atoms with Gasteiger partial charge in [-0.1, -0.05) is 134 Å². The van der Waals surface area contributed by atoms with Crippen molar-refractivity contribution in [2.45, 2.75) is 44.2 Å². The van der Waals surface area contributed by atoms with Crippen molar-refractivity contribution in [1.29, 1.82) is 0 Å². The maximum Gasteiger partial charge on any atom is 0.355 e. The lowest BCUT2D eigenvalue weighted by molar-refractivity contribution is -0.152. The van der Waals surface area contributed by atoms with E-state index < -0.39 is 40.8 Å². The van der Waals surface area contributed by atoms with Crippen LogP contribution in [0.2, 0.25) is 0 Å². The lowest BCUT2D eigenvalue weighted by Gasteiger charge is -2.49. The van der Waals surface area contributed by atoms with Crippen molar-refractivity contribution < 1.29 is 33.5 Å². The first kappa shape index (κ1) is 44.2. The largest absolute Gasteiger partial charge is 0.462 e. The molecule has 0 radical (unpaired) electrons. The smallest absolute Gasteiger partial charge is 0.355 e. The van der Waals surface area contributed by atoms with Gasteiger partial charge in [-0.3, -0.25) is 19.5 Å². The van der Waals surface area contributed by atoms with E-state index in [1.54, 1.807) is 42.9 Å². The number of thioether (sulfide) groups is 1. The number of nitrogen functional groups attached to an aromatic ring is 1. The number of hydrogen-bond donors (Lipinski definition) is 2. The number of carbonyl (C=O) groups is 4. The lowest BCUT2D eigenvalue weighted by atomic mass is 9.80. The molecule has 7 rings (SSSR count). The zero-order valence-electron chi connectivity index (χ0n) is 34.9. The zero-order valence-corrected chi connectivity index (χ0v) is 36.5. The fourth-order valence-corrected chi connectivity index (χ4v) is 8.85. The molecule has 2 aliphatic heterocycles. The molecule has 4 heterocycles. The summed E-state index contributed by atoms with van der Waals surface area (Å²) in [6, 6.07) is 31.2. The molecule has 1 fully saturated rings. The summed E-state index contributed by atoms with van der Waals surface area (Å²) in [6.45, 7) is 5.56. The SMILES string of the molecule is C/C=C(\COC(=O)C1=C(/C=C\c2cccnc2)CS[C@H]2[C@H](NC(=O)C(=NOC(c3ccccc3)(c3ccccc3)c3ccccc3)c3csc(N)n3)C(=O)N12)C(=O)OCCC(C)C. The molecule has 2 amide bonds. The van der Waals surface area contributed by atoms with Crippen LogP contribution >= 0.6 is 23.1 Å². The van der Waals surface area contributed by atoms with E-state index in [0.717, 1.165) is 33.6 Å². The van der Waals surface area contributed by atoms with Gasteiger partial charge >= 0.3 is 11.9 Å². The number of rotatable bonds is 17. The lowest BCUT2D eigenvalue weighted by Crippen LogP contribution is -2.71. The summed E-state index contributed by atoms with van der Waals surface area (Å²) in [7, 11) is 0. The maximum absolute atomic E-state index is 14.5. The molecule has 1 saturated heterocycles. The summed E-state index contributed by atoms with van der Waals surface area (Å²) in [5, 5.41) is 8.52. The molecule has 0 unspecified atom stereocenters. The van der Waals surface area contributed by atoms with Gasteiger partial charge in [0.1, 0.15) is 29.4 Å². The van der Waals surface area contributed by atoms with Crippen molar-refractivity contribution in [3.05, 3.63) is 178 Å². The molecule has 0 bridgehead atoms. The number of benzene rings is 3. The number of fused-ring (bicyclic) bond motifs is 1. The highest BCUT2D eigenvalue weighted by atomic mass is 32.2. The first-order valence-corrected chi connectivity index (χ1v) is 22.2. The van der Waals surface area contributed by atoms with Gasteiger partial charge in [-0.15, -0.1) is 23.1 Å². The summed E-state index contributed by atoms with van der Waals surface area (Å²) in [5.74, 6) is -2.07. The van der Waals surface area contributed by atoms with Crippen molar-refractivity contribution in [1.82, 2.24) is 20.2 Å². The van der Waals surface area contributed by atoms with E-state index in [1.807, 2.05) is 111 Å². The number of ether oxygens (including phenoxy) is 2. The Hall–Kier alpha value is -6.84. The Kier molecular flexibility index (Phi) is 14.3. The van der Waals surface area contributed by atoms with Crippen LogP contribution in [0.15, 0.2) is 155 Å². The van der Waals surface area contributed by atoms with Gasteiger partial charge in [0.2, 0.25) is 5.60 Å². The Morgan fingerprint density at radius 3 is 2.14 bits per heavy atom. The summed E-state index contributed by atoms with van der Waals surface area (Å²) >= 11 is 2.49. The molecule has 13 nitrogen and oxygen atoms in total. The molecule has 0 saturated carbocycles. The predicted octanol–water partition coefficient (Wildman–Crippen LogP) is 7.28. The van der Waals surface area contributed by atoms with E-state index >= 15 is 0 Å². The molecular weight excluding hydrogens is 837 g/mol. The molecule has 63 heavy (non-hydrogen) atoms. The predicted molar refractivity (Wildman–Crippen MR) is 244 cm³/mol. The molecule has 0 spiro atoms. The van der Waals surface area contributed by atoms with Crippen LogP contribution in [-0.4, -0.2) is 74.7 Å². The van der Waals surface area contributed by atoms with Crippen LogP contribution in [0, 0.1) is 5.92 Å². The van der Waals surface area contributed by atoms with Gasteiger partial charge in [0.25, 0.3) is 11.8 Å². The van der Waals surface area contributed by atoms with Crippen LogP contribution in [0.5, 0.6) is 0 Å². The van der Waals surface area contributed by atoms with Gasteiger partial charge in [0.05, 0.1) is 12.2 Å². The Balaban J connectivity index is 1.18. The second-order valence-electron chi connectivity index (χ2n) is 14.9. The number of oxime groups is 1. The van der Waals surface area contributed by atoms with Crippen LogP contribution in [-0.2, 0) is 39.1 Å². The van der Waals surface area contributed by atoms with Crippen LogP contribution in [0.3, 0.4) is 0 Å². The number of allylic oxidation sites excluding steroid dienone is 2. The molecule has 2 atom stereocenters. The van der Waals surface area contributed by atoms with Crippen LogP contribution in [0.1, 0.15) is 55.1 Å². The topological polar surface area (TPSA) is 175 Å². The van der Waals surface area contributed by atoms with Crippen LogP contribution in [0.4, 0.5) is 5.13 Å². The Bertz CT molecular complexity index is 2450. The number of aromatic nitrogens is 2. The summed E-state index contributed by atoms with van der Waals surface area (Å²) in [4.78, 5) is 72.0. The van der Waals surface area contributed by atoms with Crippen LogP contribution < -0.4 is 11.1 Å². The summed E-state index contributed by atoms with van der Waals surface area (Å²) in [6.07, 6.45) is 9.05. The Labute approximate surface area is 373 Å². The maximum atomic E-state index is 14.5. The number of hydrogen-bond acceptors (Lipinski definition) is 13. The Morgan fingerprint density at radius 2 is 1.59 bits per heavy atom. The number of anilines is 1. The molecule has 5 aromatic rings. The third kappa shape index (κ3) is 9.95. The highest BCUT2D eigenvalue weighted by Crippen LogP contribution is 2.43. The highest BCUT2D eigenvalue weighted by Gasteiger charge is 2.54. The minimum atomic E-state index is -1.32. The fraction of sp³-hybridized carbons (Fsp3) is 0.229. The quantitative estimate of drug-likeness (QED) is 0.0240. The van der Waals surface area contributed by atoms with Gasteiger partial charge in [-0.05, 0) is 36.5 Å². The number of esters is 2. The number of amides is 2. The van der Waals surface area contributed by atoms with E-state index in [4.69, 9.17) is 20.0 Å². The molecule has 3 N–H and O–H groups in total. The number of carbonyl (C=O) groups excluding carboxylic acids is 4. The first-order chi connectivity index (χ1) is 30.6. The zero-order chi connectivity index (χ0) is 44.3. The van der Waals surface area contributed by atoms with E-state index in [-0.39, 0.29) is 46.8 Å². The molecule has 15 heteroatoms. The first-order valence-electron chi connectivity index (χ1n) is 20.3. The molecule has 322 valence electrons. The van der Waals surface area contributed by atoms with E-state index in [0.29, 0.717) is 17.9 Å². The van der Waals surface area contributed by atoms with Crippen LogP contribution in [0.25, 0.3) is 6.08 Å². The summed E-state index contributed by atoms with van der Waals surface area (Å²) in [5.41, 5.74) is 8.37. The molecule has 2 aliphatic rings. The van der Waals surface area contributed by atoms with Gasteiger partial charge < -0.3 is 25.4 Å². The minimum absolute atomic E-state index is 0.000818. The van der Waals surface area contributed by atoms with E-state index in [2.05, 4.69) is 20.4 Å². The highest BCUT2D eigenvalue weighted by molar-refractivity contribution is 8.00. The van der Waals surface area contributed by atoms with Crippen molar-refractivity contribution in [2.75, 3.05) is 24.7 Å². The fourth-order valence-electron chi connectivity index (χ4n) is 6.98. The second-order valence-corrected chi connectivity index (χ2v) is 16.9. The number of β-lactam (4-membered cyclic amide) rings is 1. The number of pyridine rings is 1. The van der Waals surface area contributed by atoms with E-state index in [9.17, 15) is 19.2 Å². The average molecular weight is 883 g/mol. The van der Waals surface area contributed by atoms with Crippen molar-refractivity contribution in [3.8, 4) is 0 Å². The molecule has 0 aliphatic carbocycles. The number of nitrogens with two attached hydrogens (primary N) is 1. The number of nitrogens with one attached hydrogen (secondary N) is 1. The van der Waals surface area contributed by atoms with Crippen molar-refractivity contribution in [2.24, 2.45) is 11.1 Å². The molecular formula is C48H46N6O7S2. The standard InChI is InChI=1S/C48H46N6O7S2/c1-4-33(45(57)59-26-24-31(2)3)28-60-46(58)41-34(23-22-32-15-14-25-50-27-32)29-62-44-40(43(56)54(41)44)52-42(55)39(38-30-63-47(49)51-38)53-61-48(35-16-8-5-9-17-35,36-18-10-6-11-19-36)37-20-12-7-13-21-37/h4-23,25,27,30-31,40,44H,24,26,28-29H2,1-3H3,(H2,49,51)(H,52,55)/b23-22-,33-4+,53-39?/t40-,44+/m1/s1. The van der Waals surface area contributed by atoms with Crippen molar-refractivity contribution in [3.63, 3.8) is 0 Å². The van der Waals surface area contributed by atoms with Gasteiger partial charge in [-0.25, -0.2) is 14.6 Å². The number of nitrogens with zero attached hydrogens (tertiary/aromatic N) is 4. The normalized spacial score (nSPS) is 16.7. The molecule has 3 aromatic carbocycles. The minimum Gasteiger partial charge on any atom is -0.462 e. The third-order valence-corrected chi connectivity index (χ3v) is 12.3. The van der Waals surface area contributed by atoms with Gasteiger partial charge in [0, 0.05) is 40.2 Å². The van der Waals surface area contributed by atoms with E-state index in [1.165, 1.54) is 22.7 Å². The number of thiazole rings is 1. The van der Waals surface area contributed by atoms with Gasteiger partial charge in [-0.2, -0.15) is 0 Å². The average Bonchev–Trinajstić information content (AvgIpc) is 3.75. The Morgan fingerprint density at radius 1 is 0.937 bits per heavy atom.